The van der Waals surface area contributed by atoms with E-state index in [-0.39, 0.29) is 30.3 Å². The maximum atomic E-state index is 12.7. The van der Waals surface area contributed by atoms with E-state index in [9.17, 15) is 9.59 Å². The van der Waals surface area contributed by atoms with Crippen LogP contribution in [0.1, 0.15) is 51.1 Å². The van der Waals surface area contributed by atoms with Gasteiger partial charge in [0.25, 0.3) is 0 Å². The fourth-order valence-corrected chi connectivity index (χ4v) is 3.16. The predicted octanol–water partition coefficient (Wildman–Crippen LogP) is 3.13. The molecule has 1 heterocycles. The van der Waals surface area contributed by atoms with Crippen LogP contribution in [-0.4, -0.2) is 32.1 Å². The second-order valence-electron chi connectivity index (χ2n) is 6.89. The Labute approximate surface area is 161 Å². The molecule has 1 aliphatic heterocycles. The zero-order chi connectivity index (χ0) is 19.8. The largest absolute Gasteiger partial charge is 0.497 e. The Kier molecular flexibility index (Phi) is 7.70. The molecule has 27 heavy (non-hydrogen) atoms. The molecule has 1 aromatic rings. The maximum Gasteiger partial charge on any atom is 0.223 e. The molecule has 6 heteroatoms. The SMILES string of the molecule is CC[C@@H]1C/C=C\C[C@@H](c2ccc(OC)cc2OC)NC(=O)[C@H](C)CC(=O)N1. The zero-order valence-corrected chi connectivity index (χ0v) is 16.6. The van der Waals surface area contributed by atoms with E-state index in [4.69, 9.17) is 9.47 Å². The van der Waals surface area contributed by atoms with E-state index >= 15 is 0 Å². The van der Waals surface area contributed by atoms with Gasteiger partial charge in [-0.2, -0.15) is 0 Å². The molecular formula is C21H30N2O4. The third kappa shape index (κ3) is 5.74. The summed E-state index contributed by atoms with van der Waals surface area (Å²) in [5.41, 5.74) is 0.886. The Morgan fingerprint density at radius 1 is 1.07 bits per heavy atom. The molecule has 0 bridgehead atoms. The minimum absolute atomic E-state index is 0.0861. The van der Waals surface area contributed by atoms with Crippen LogP contribution < -0.4 is 20.1 Å². The number of hydrogen-bond donors (Lipinski definition) is 2. The summed E-state index contributed by atoms with van der Waals surface area (Å²) in [4.78, 5) is 24.9. The van der Waals surface area contributed by atoms with Crippen LogP contribution in [0.15, 0.2) is 30.4 Å². The molecule has 0 fully saturated rings. The van der Waals surface area contributed by atoms with Gasteiger partial charge in [0.15, 0.2) is 0 Å². The number of carbonyl (C=O) groups is 2. The summed E-state index contributed by atoms with van der Waals surface area (Å²) in [7, 11) is 3.20. The van der Waals surface area contributed by atoms with Gasteiger partial charge in [-0.15, -0.1) is 0 Å². The number of ether oxygens (including phenoxy) is 2. The monoisotopic (exact) mass is 374 g/mol. The summed E-state index contributed by atoms with van der Waals surface area (Å²) < 4.78 is 10.8. The Balaban J connectivity index is 2.31. The van der Waals surface area contributed by atoms with Crippen LogP contribution in [0, 0.1) is 5.92 Å². The lowest BCUT2D eigenvalue weighted by Gasteiger charge is -2.24. The number of rotatable bonds is 4. The van der Waals surface area contributed by atoms with Gasteiger partial charge in [-0.05, 0) is 31.4 Å². The van der Waals surface area contributed by atoms with Crippen molar-refractivity contribution in [2.45, 2.75) is 51.6 Å². The average molecular weight is 374 g/mol. The lowest BCUT2D eigenvalue weighted by Crippen LogP contribution is -2.39. The molecule has 0 spiro atoms. The Bertz CT molecular complexity index is 687. The van der Waals surface area contributed by atoms with Crippen molar-refractivity contribution >= 4 is 11.8 Å². The number of nitrogens with one attached hydrogen (secondary N) is 2. The summed E-state index contributed by atoms with van der Waals surface area (Å²) >= 11 is 0. The number of methoxy groups -OCH3 is 2. The third-order valence-electron chi connectivity index (χ3n) is 4.89. The topological polar surface area (TPSA) is 76.7 Å². The normalized spacial score (nSPS) is 25.4. The summed E-state index contributed by atoms with van der Waals surface area (Å²) in [6.45, 7) is 3.82. The second-order valence-corrected chi connectivity index (χ2v) is 6.89. The van der Waals surface area contributed by atoms with Gasteiger partial charge in [-0.1, -0.05) is 26.0 Å². The number of carbonyl (C=O) groups excluding carboxylic acids is 2. The van der Waals surface area contributed by atoms with Crippen LogP contribution in [0.25, 0.3) is 0 Å². The molecule has 3 atom stereocenters. The summed E-state index contributed by atoms with van der Waals surface area (Å²) in [6.07, 6.45) is 6.57. The maximum absolute atomic E-state index is 12.7. The van der Waals surface area contributed by atoms with Crippen molar-refractivity contribution in [3.05, 3.63) is 35.9 Å². The highest BCUT2D eigenvalue weighted by Gasteiger charge is 2.24. The van der Waals surface area contributed by atoms with Crippen molar-refractivity contribution in [1.29, 1.82) is 0 Å². The van der Waals surface area contributed by atoms with Crippen molar-refractivity contribution in [2.24, 2.45) is 5.92 Å². The van der Waals surface area contributed by atoms with Crippen molar-refractivity contribution in [3.63, 3.8) is 0 Å². The van der Waals surface area contributed by atoms with Crippen molar-refractivity contribution < 1.29 is 19.1 Å². The van der Waals surface area contributed by atoms with Crippen molar-refractivity contribution in [1.82, 2.24) is 10.6 Å². The van der Waals surface area contributed by atoms with Gasteiger partial charge in [-0.25, -0.2) is 0 Å². The van der Waals surface area contributed by atoms with Crippen LogP contribution >= 0.6 is 0 Å². The van der Waals surface area contributed by atoms with Gasteiger partial charge in [0.05, 0.1) is 20.3 Å². The van der Waals surface area contributed by atoms with Crippen LogP contribution in [0.5, 0.6) is 11.5 Å². The van der Waals surface area contributed by atoms with E-state index in [1.807, 2.05) is 25.1 Å². The highest BCUT2D eigenvalue weighted by molar-refractivity contribution is 5.86. The lowest BCUT2D eigenvalue weighted by atomic mass is 9.98. The first-order valence-corrected chi connectivity index (χ1v) is 9.45. The van der Waals surface area contributed by atoms with Crippen LogP contribution in [0.3, 0.4) is 0 Å². The minimum atomic E-state index is -0.405. The molecule has 0 unspecified atom stereocenters. The van der Waals surface area contributed by atoms with Gasteiger partial charge in [0.1, 0.15) is 11.5 Å². The molecule has 0 saturated carbocycles. The van der Waals surface area contributed by atoms with E-state index in [0.29, 0.717) is 17.9 Å². The fourth-order valence-electron chi connectivity index (χ4n) is 3.16. The highest BCUT2D eigenvalue weighted by Crippen LogP contribution is 2.31. The van der Waals surface area contributed by atoms with E-state index < -0.39 is 5.92 Å². The molecule has 1 aromatic carbocycles. The molecule has 0 saturated heterocycles. The summed E-state index contributed by atoms with van der Waals surface area (Å²) in [5.74, 6) is 0.725. The van der Waals surface area contributed by atoms with E-state index in [1.54, 1.807) is 21.1 Å². The Morgan fingerprint density at radius 3 is 2.48 bits per heavy atom. The van der Waals surface area contributed by atoms with Gasteiger partial charge in [-0.3, -0.25) is 9.59 Å². The molecule has 2 amide bonds. The van der Waals surface area contributed by atoms with Crippen LogP contribution in [0.4, 0.5) is 0 Å². The molecule has 148 valence electrons. The van der Waals surface area contributed by atoms with Gasteiger partial charge in [0, 0.05) is 30.0 Å². The Hall–Kier alpha value is -2.50. The van der Waals surface area contributed by atoms with E-state index in [1.165, 1.54) is 0 Å². The molecule has 6 nitrogen and oxygen atoms in total. The first-order valence-electron chi connectivity index (χ1n) is 9.45. The molecule has 0 aromatic heterocycles. The first-order chi connectivity index (χ1) is 13.0. The second kappa shape index (κ2) is 10.00. The predicted molar refractivity (Wildman–Crippen MR) is 105 cm³/mol. The lowest BCUT2D eigenvalue weighted by molar-refractivity contribution is -0.130. The van der Waals surface area contributed by atoms with Gasteiger partial charge < -0.3 is 20.1 Å². The van der Waals surface area contributed by atoms with E-state index in [0.717, 1.165) is 18.4 Å². The third-order valence-corrected chi connectivity index (χ3v) is 4.89. The Morgan fingerprint density at radius 2 is 1.81 bits per heavy atom. The van der Waals surface area contributed by atoms with Gasteiger partial charge in [0.2, 0.25) is 11.8 Å². The molecule has 0 aliphatic carbocycles. The highest BCUT2D eigenvalue weighted by atomic mass is 16.5. The van der Waals surface area contributed by atoms with E-state index in [2.05, 4.69) is 22.8 Å². The first kappa shape index (κ1) is 20.8. The number of hydrogen-bond acceptors (Lipinski definition) is 4. The van der Waals surface area contributed by atoms with Crippen LogP contribution in [-0.2, 0) is 9.59 Å². The zero-order valence-electron chi connectivity index (χ0n) is 16.6. The molecule has 1 aliphatic rings. The standard InChI is InChI=1S/C21H30N2O4/c1-5-15-8-6-7-9-18(23-21(25)14(2)12-20(24)22-15)17-11-10-16(26-3)13-19(17)27-4/h6-7,10-11,13-15,18H,5,8-9,12H2,1-4H3,(H,22,24)(H,23,25)/b7-6-/t14-,15-,18+/m1/s1. The number of benzene rings is 1. The minimum Gasteiger partial charge on any atom is -0.497 e. The fraction of sp³-hybridized carbons (Fsp3) is 0.524. The smallest absolute Gasteiger partial charge is 0.223 e. The summed E-state index contributed by atoms with van der Waals surface area (Å²) in [6, 6.07) is 5.44. The summed E-state index contributed by atoms with van der Waals surface area (Å²) in [5, 5.41) is 6.07. The molecular weight excluding hydrogens is 344 g/mol. The quantitative estimate of drug-likeness (QED) is 0.794. The molecule has 0 radical (unpaired) electrons. The van der Waals surface area contributed by atoms with Crippen molar-refractivity contribution in [3.8, 4) is 11.5 Å². The van der Waals surface area contributed by atoms with Gasteiger partial charge >= 0.3 is 0 Å². The van der Waals surface area contributed by atoms with Crippen molar-refractivity contribution in [2.75, 3.05) is 14.2 Å². The number of amides is 2. The average Bonchev–Trinajstić information content (AvgIpc) is 2.67. The molecule has 2 N–H and O–H groups in total. The molecule has 2 rings (SSSR count). The van der Waals surface area contributed by atoms with Crippen LogP contribution in [0.2, 0.25) is 0 Å².